The lowest BCUT2D eigenvalue weighted by Crippen LogP contribution is -2.36. The van der Waals surface area contributed by atoms with Gasteiger partial charge in [-0.2, -0.15) is 0 Å². The van der Waals surface area contributed by atoms with Gasteiger partial charge in [0.05, 0.1) is 0 Å². The number of hydrogen-bond acceptors (Lipinski definition) is 3. The van der Waals surface area contributed by atoms with E-state index in [1.807, 2.05) is 24.0 Å². The highest BCUT2D eigenvalue weighted by Gasteiger charge is 2.17. The molecule has 4 heteroatoms. The molecule has 1 aromatic rings. The highest BCUT2D eigenvalue weighted by molar-refractivity contribution is 5.93. The van der Waals surface area contributed by atoms with E-state index in [0.717, 1.165) is 18.7 Å². The van der Waals surface area contributed by atoms with Crippen molar-refractivity contribution >= 4 is 11.6 Å². The lowest BCUT2D eigenvalue weighted by molar-refractivity contribution is -0.118. The summed E-state index contributed by atoms with van der Waals surface area (Å²) in [6.45, 7) is 3.82. The van der Waals surface area contributed by atoms with Crippen LogP contribution in [-0.2, 0) is 4.79 Å². The molecule has 19 heavy (non-hydrogen) atoms. The van der Waals surface area contributed by atoms with E-state index in [9.17, 15) is 4.79 Å². The Balaban J connectivity index is 1.86. The number of pyridine rings is 1. The van der Waals surface area contributed by atoms with Gasteiger partial charge in [-0.1, -0.05) is 6.42 Å². The number of rotatable bonds is 5. The Hall–Kier alpha value is -1.42. The molecule has 2 heterocycles. The fourth-order valence-corrected chi connectivity index (χ4v) is 2.63. The number of carbonyl (C=O) groups excluding carboxylic acids is 1. The maximum atomic E-state index is 12.3. The van der Waals surface area contributed by atoms with Crippen LogP contribution in [0.5, 0.6) is 0 Å². The van der Waals surface area contributed by atoms with Gasteiger partial charge >= 0.3 is 0 Å². The molecule has 0 aliphatic carbocycles. The molecule has 0 saturated carbocycles. The van der Waals surface area contributed by atoms with Gasteiger partial charge < -0.3 is 10.2 Å². The van der Waals surface area contributed by atoms with Gasteiger partial charge in [0.2, 0.25) is 5.91 Å². The molecule has 1 atom stereocenters. The summed E-state index contributed by atoms with van der Waals surface area (Å²) in [5, 5.41) is 3.49. The van der Waals surface area contributed by atoms with Crippen molar-refractivity contribution < 1.29 is 4.79 Å². The molecule has 1 aliphatic rings. The Kier molecular flexibility index (Phi) is 5.33. The van der Waals surface area contributed by atoms with Crippen molar-refractivity contribution in [1.29, 1.82) is 0 Å². The molecule has 1 aromatic heterocycles. The minimum atomic E-state index is 0.209. The normalized spacial score (nSPS) is 19.1. The summed E-state index contributed by atoms with van der Waals surface area (Å²) in [5.74, 6) is 0.209. The first-order valence-corrected chi connectivity index (χ1v) is 7.25. The molecule has 1 aliphatic heterocycles. The molecule has 2 rings (SSSR count). The molecule has 0 spiro atoms. The van der Waals surface area contributed by atoms with Gasteiger partial charge in [-0.05, 0) is 44.9 Å². The molecule has 0 aromatic carbocycles. The van der Waals surface area contributed by atoms with Crippen molar-refractivity contribution in [2.75, 3.05) is 18.0 Å². The number of piperidine rings is 1. The first-order chi connectivity index (χ1) is 9.31. The number of aromatic nitrogens is 1. The van der Waals surface area contributed by atoms with Crippen LogP contribution in [-0.4, -0.2) is 30.0 Å². The van der Waals surface area contributed by atoms with Crippen LogP contribution in [0.25, 0.3) is 0 Å². The van der Waals surface area contributed by atoms with Crippen LogP contribution in [0.1, 0.15) is 39.0 Å². The van der Waals surface area contributed by atoms with Gasteiger partial charge in [-0.15, -0.1) is 0 Å². The highest BCUT2D eigenvalue weighted by atomic mass is 16.2. The molecule has 4 nitrogen and oxygen atoms in total. The minimum absolute atomic E-state index is 0.209. The van der Waals surface area contributed by atoms with Gasteiger partial charge in [-0.3, -0.25) is 9.78 Å². The maximum absolute atomic E-state index is 12.3. The van der Waals surface area contributed by atoms with Gasteiger partial charge in [-0.25, -0.2) is 0 Å². The van der Waals surface area contributed by atoms with Crippen LogP contribution in [0.4, 0.5) is 5.69 Å². The summed E-state index contributed by atoms with van der Waals surface area (Å²) in [5.41, 5.74) is 0.944. The van der Waals surface area contributed by atoms with Crippen molar-refractivity contribution in [1.82, 2.24) is 10.3 Å². The quantitative estimate of drug-likeness (QED) is 0.885. The third-order valence-corrected chi connectivity index (χ3v) is 3.71. The van der Waals surface area contributed by atoms with Gasteiger partial charge in [0.1, 0.15) is 0 Å². The second-order valence-electron chi connectivity index (χ2n) is 5.03. The Labute approximate surface area is 115 Å². The van der Waals surface area contributed by atoms with Gasteiger partial charge in [0.15, 0.2) is 0 Å². The zero-order chi connectivity index (χ0) is 13.5. The molecule has 1 saturated heterocycles. The standard InChI is InChI=1S/C15H23N3O/c1-2-18(14-8-11-16-12-9-14)15(19)7-6-13-5-3-4-10-17-13/h8-9,11-13,17H,2-7,10H2,1H3. The summed E-state index contributed by atoms with van der Waals surface area (Å²) >= 11 is 0. The molecule has 0 bridgehead atoms. The number of carbonyl (C=O) groups is 1. The van der Waals surface area contributed by atoms with E-state index < -0.39 is 0 Å². The molecule has 104 valence electrons. The van der Waals surface area contributed by atoms with Crippen molar-refractivity contribution in [3.63, 3.8) is 0 Å². The molecule has 1 unspecified atom stereocenters. The average molecular weight is 261 g/mol. The van der Waals surface area contributed by atoms with Crippen LogP contribution in [0.15, 0.2) is 24.5 Å². The number of nitrogens with zero attached hydrogens (tertiary/aromatic N) is 2. The van der Waals surface area contributed by atoms with Crippen LogP contribution in [0.3, 0.4) is 0 Å². The van der Waals surface area contributed by atoms with E-state index in [1.165, 1.54) is 19.3 Å². The zero-order valence-corrected chi connectivity index (χ0v) is 11.6. The van der Waals surface area contributed by atoms with E-state index in [-0.39, 0.29) is 5.91 Å². The van der Waals surface area contributed by atoms with Crippen LogP contribution in [0.2, 0.25) is 0 Å². The van der Waals surface area contributed by atoms with Crippen molar-refractivity contribution in [3.05, 3.63) is 24.5 Å². The van der Waals surface area contributed by atoms with Crippen LogP contribution >= 0.6 is 0 Å². The topological polar surface area (TPSA) is 45.2 Å². The third kappa shape index (κ3) is 4.03. The lowest BCUT2D eigenvalue weighted by Gasteiger charge is -2.25. The highest BCUT2D eigenvalue weighted by Crippen LogP contribution is 2.16. The summed E-state index contributed by atoms with van der Waals surface area (Å²) in [7, 11) is 0. The summed E-state index contributed by atoms with van der Waals surface area (Å²) in [4.78, 5) is 18.1. The van der Waals surface area contributed by atoms with Crippen molar-refractivity contribution in [2.24, 2.45) is 0 Å². The Morgan fingerprint density at radius 2 is 2.21 bits per heavy atom. The predicted molar refractivity (Wildman–Crippen MR) is 77.1 cm³/mol. The Morgan fingerprint density at radius 3 is 2.84 bits per heavy atom. The molecule has 1 amide bonds. The largest absolute Gasteiger partial charge is 0.314 e. The number of hydrogen-bond donors (Lipinski definition) is 1. The first-order valence-electron chi connectivity index (χ1n) is 7.25. The van der Waals surface area contributed by atoms with E-state index in [1.54, 1.807) is 12.4 Å². The van der Waals surface area contributed by atoms with E-state index >= 15 is 0 Å². The average Bonchev–Trinajstić information content (AvgIpc) is 2.48. The van der Waals surface area contributed by atoms with E-state index in [2.05, 4.69) is 10.3 Å². The predicted octanol–water partition coefficient (Wildman–Crippen LogP) is 2.36. The van der Waals surface area contributed by atoms with Crippen molar-refractivity contribution in [2.45, 2.75) is 45.1 Å². The third-order valence-electron chi connectivity index (χ3n) is 3.71. The second-order valence-corrected chi connectivity index (χ2v) is 5.03. The fourth-order valence-electron chi connectivity index (χ4n) is 2.63. The molecular formula is C15H23N3O. The SMILES string of the molecule is CCN(C(=O)CCC1CCCCN1)c1ccncc1. The number of nitrogens with one attached hydrogen (secondary N) is 1. The second kappa shape index (κ2) is 7.24. The zero-order valence-electron chi connectivity index (χ0n) is 11.6. The van der Waals surface area contributed by atoms with E-state index in [4.69, 9.17) is 0 Å². The fraction of sp³-hybridized carbons (Fsp3) is 0.600. The van der Waals surface area contributed by atoms with Crippen LogP contribution in [0, 0.1) is 0 Å². The summed E-state index contributed by atoms with van der Waals surface area (Å²) < 4.78 is 0. The Bertz CT molecular complexity index is 388. The molecule has 0 radical (unpaired) electrons. The monoisotopic (exact) mass is 261 g/mol. The molecular weight excluding hydrogens is 238 g/mol. The minimum Gasteiger partial charge on any atom is -0.314 e. The summed E-state index contributed by atoms with van der Waals surface area (Å²) in [6, 6.07) is 4.30. The van der Waals surface area contributed by atoms with Crippen LogP contribution < -0.4 is 10.2 Å². The van der Waals surface area contributed by atoms with Gasteiger partial charge in [0, 0.05) is 37.1 Å². The maximum Gasteiger partial charge on any atom is 0.227 e. The van der Waals surface area contributed by atoms with E-state index in [0.29, 0.717) is 19.0 Å². The van der Waals surface area contributed by atoms with Gasteiger partial charge in [0.25, 0.3) is 0 Å². The smallest absolute Gasteiger partial charge is 0.227 e. The number of amides is 1. The lowest BCUT2D eigenvalue weighted by atomic mass is 10.0. The Morgan fingerprint density at radius 1 is 1.42 bits per heavy atom. The summed E-state index contributed by atoms with van der Waals surface area (Å²) in [6.07, 6.45) is 8.78. The first kappa shape index (κ1) is 14.0. The number of anilines is 1. The molecule has 1 N–H and O–H groups in total. The molecule has 1 fully saturated rings. The van der Waals surface area contributed by atoms with Crippen molar-refractivity contribution in [3.8, 4) is 0 Å².